The van der Waals surface area contributed by atoms with Gasteiger partial charge in [0.1, 0.15) is 0 Å². The standard InChI is InChI=1S/C25H27NO/c1-3-19-8-12-22(13-9-19)24-17-21(7-5-6-16-27)18-26-25(24)23-14-10-20(4-2)11-15-23/h3,8-15,17-18,27H,1,4-7,16H2,2H3. The topological polar surface area (TPSA) is 33.1 Å². The molecule has 2 heteroatoms. The number of nitrogens with zero attached hydrogens (tertiary/aromatic N) is 1. The van der Waals surface area contributed by atoms with Crippen LogP contribution in [0.3, 0.4) is 0 Å². The van der Waals surface area contributed by atoms with Gasteiger partial charge in [0.2, 0.25) is 0 Å². The van der Waals surface area contributed by atoms with Gasteiger partial charge in [0.15, 0.2) is 0 Å². The van der Waals surface area contributed by atoms with Gasteiger partial charge < -0.3 is 5.11 Å². The molecule has 2 aromatic carbocycles. The fourth-order valence-corrected chi connectivity index (χ4v) is 3.23. The minimum Gasteiger partial charge on any atom is -0.396 e. The number of unbranched alkanes of at least 4 members (excludes halogenated alkanes) is 1. The van der Waals surface area contributed by atoms with Crippen LogP contribution in [0.4, 0.5) is 0 Å². The van der Waals surface area contributed by atoms with E-state index in [1.807, 2.05) is 12.3 Å². The molecular formula is C25H27NO. The van der Waals surface area contributed by atoms with Gasteiger partial charge >= 0.3 is 0 Å². The van der Waals surface area contributed by atoms with Crippen molar-refractivity contribution >= 4 is 6.08 Å². The Bertz CT molecular complexity index is 879. The molecule has 0 aliphatic carbocycles. The van der Waals surface area contributed by atoms with Gasteiger partial charge in [-0.3, -0.25) is 4.98 Å². The van der Waals surface area contributed by atoms with Gasteiger partial charge in [-0.05, 0) is 54.0 Å². The SMILES string of the molecule is C=Cc1ccc(-c2cc(CCCCO)cnc2-c2ccc(CC)cc2)cc1. The third-order valence-electron chi connectivity index (χ3n) is 4.91. The van der Waals surface area contributed by atoms with Crippen molar-refractivity contribution in [3.05, 3.63) is 84.1 Å². The van der Waals surface area contributed by atoms with Crippen LogP contribution in [-0.2, 0) is 12.8 Å². The molecule has 0 aliphatic rings. The molecule has 138 valence electrons. The first-order valence-electron chi connectivity index (χ1n) is 9.67. The second-order valence-corrected chi connectivity index (χ2v) is 6.80. The zero-order valence-electron chi connectivity index (χ0n) is 16.0. The van der Waals surface area contributed by atoms with E-state index in [1.165, 1.54) is 11.1 Å². The maximum Gasteiger partial charge on any atom is 0.0780 e. The summed E-state index contributed by atoms with van der Waals surface area (Å²) in [5, 5.41) is 9.04. The predicted molar refractivity (Wildman–Crippen MR) is 115 cm³/mol. The molecule has 2 nitrogen and oxygen atoms in total. The van der Waals surface area contributed by atoms with E-state index in [0.717, 1.165) is 53.6 Å². The molecule has 3 rings (SSSR count). The molecule has 0 spiro atoms. The third-order valence-corrected chi connectivity index (χ3v) is 4.91. The van der Waals surface area contributed by atoms with Crippen LogP contribution in [0.2, 0.25) is 0 Å². The van der Waals surface area contributed by atoms with Crippen LogP contribution in [-0.4, -0.2) is 16.7 Å². The van der Waals surface area contributed by atoms with Gasteiger partial charge in [0, 0.05) is 23.9 Å². The lowest BCUT2D eigenvalue weighted by Crippen LogP contribution is -1.95. The van der Waals surface area contributed by atoms with Crippen molar-refractivity contribution in [3.8, 4) is 22.4 Å². The highest BCUT2D eigenvalue weighted by Gasteiger charge is 2.11. The van der Waals surface area contributed by atoms with Crippen LogP contribution >= 0.6 is 0 Å². The molecule has 1 aromatic heterocycles. The fourth-order valence-electron chi connectivity index (χ4n) is 3.23. The summed E-state index contributed by atoms with van der Waals surface area (Å²) in [6, 6.07) is 19.4. The molecule has 0 saturated heterocycles. The van der Waals surface area contributed by atoms with E-state index in [-0.39, 0.29) is 6.61 Å². The smallest absolute Gasteiger partial charge is 0.0780 e. The molecular weight excluding hydrogens is 330 g/mol. The largest absolute Gasteiger partial charge is 0.396 e. The van der Waals surface area contributed by atoms with E-state index in [4.69, 9.17) is 10.1 Å². The molecule has 0 radical (unpaired) electrons. The lowest BCUT2D eigenvalue weighted by Gasteiger charge is -2.13. The van der Waals surface area contributed by atoms with E-state index in [0.29, 0.717) is 0 Å². The van der Waals surface area contributed by atoms with Crippen LogP contribution in [0.1, 0.15) is 36.5 Å². The van der Waals surface area contributed by atoms with Crippen LogP contribution < -0.4 is 0 Å². The molecule has 0 amide bonds. The summed E-state index contributed by atoms with van der Waals surface area (Å²) < 4.78 is 0. The maximum atomic E-state index is 9.04. The third kappa shape index (κ3) is 4.72. The van der Waals surface area contributed by atoms with Gasteiger partial charge in [0.25, 0.3) is 0 Å². The monoisotopic (exact) mass is 357 g/mol. The summed E-state index contributed by atoms with van der Waals surface area (Å²) in [5.41, 5.74) is 8.10. The first-order chi connectivity index (χ1) is 13.2. The molecule has 0 saturated carbocycles. The van der Waals surface area contributed by atoms with Gasteiger partial charge in [-0.25, -0.2) is 0 Å². The Morgan fingerprint density at radius 3 is 2.26 bits per heavy atom. The molecule has 27 heavy (non-hydrogen) atoms. The Morgan fingerprint density at radius 2 is 1.63 bits per heavy atom. The van der Waals surface area contributed by atoms with Crippen molar-refractivity contribution in [2.24, 2.45) is 0 Å². The summed E-state index contributed by atoms with van der Waals surface area (Å²) in [6.45, 7) is 6.25. The van der Waals surface area contributed by atoms with Gasteiger partial charge in [-0.15, -0.1) is 0 Å². The number of aliphatic hydroxyl groups is 1. The highest BCUT2D eigenvalue weighted by atomic mass is 16.2. The van der Waals surface area contributed by atoms with E-state index in [9.17, 15) is 0 Å². The summed E-state index contributed by atoms with van der Waals surface area (Å²) >= 11 is 0. The molecule has 0 bridgehead atoms. The summed E-state index contributed by atoms with van der Waals surface area (Å²) in [4.78, 5) is 4.82. The van der Waals surface area contributed by atoms with Crippen molar-refractivity contribution in [1.82, 2.24) is 4.98 Å². The number of hydrogen-bond donors (Lipinski definition) is 1. The van der Waals surface area contributed by atoms with Crippen molar-refractivity contribution in [1.29, 1.82) is 0 Å². The van der Waals surface area contributed by atoms with Crippen molar-refractivity contribution in [2.75, 3.05) is 6.61 Å². The number of aryl methyl sites for hydroxylation is 2. The second-order valence-electron chi connectivity index (χ2n) is 6.80. The Balaban J connectivity index is 2.03. The number of aromatic nitrogens is 1. The molecule has 1 heterocycles. The average Bonchev–Trinajstić information content (AvgIpc) is 2.74. The zero-order chi connectivity index (χ0) is 19.1. The average molecular weight is 357 g/mol. The molecule has 0 atom stereocenters. The first-order valence-corrected chi connectivity index (χ1v) is 9.67. The lowest BCUT2D eigenvalue weighted by molar-refractivity contribution is 0.284. The van der Waals surface area contributed by atoms with E-state index >= 15 is 0 Å². The number of rotatable bonds is 8. The van der Waals surface area contributed by atoms with Gasteiger partial charge in [-0.2, -0.15) is 0 Å². The summed E-state index contributed by atoms with van der Waals surface area (Å²) in [5.74, 6) is 0. The maximum absolute atomic E-state index is 9.04. The van der Waals surface area contributed by atoms with Crippen molar-refractivity contribution < 1.29 is 5.11 Å². The fraction of sp³-hybridized carbons (Fsp3) is 0.240. The lowest BCUT2D eigenvalue weighted by atomic mass is 9.95. The van der Waals surface area contributed by atoms with Crippen LogP contribution in [0.25, 0.3) is 28.5 Å². The van der Waals surface area contributed by atoms with E-state index < -0.39 is 0 Å². The normalized spacial score (nSPS) is 10.7. The van der Waals surface area contributed by atoms with Crippen LogP contribution in [0, 0.1) is 0 Å². The highest BCUT2D eigenvalue weighted by molar-refractivity contribution is 5.81. The first kappa shape index (κ1) is 19.1. The Hall–Kier alpha value is -2.71. The number of pyridine rings is 1. The number of aliphatic hydroxyl groups excluding tert-OH is 1. The van der Waals surface area contributed by atoms with Gasteiger partial charge in [0.05, 0.1) is 5.69 Å². The minimum absolute atomic E-state index is 0.241. The Kier molecular flexibility index (Phi) is 6.56. The van der Waals surface area contributed by atoms with E-state index in [2.05, 4.69) is 68.1 Å². The number of hydrogen-bond acceptors (Lipinski definition) is 2. The van der Waals surface area contributed by atoms with Crippen molar-refractivity contribution in [3.63, 3.8) is 0 Å². The van der Waals surface area contributed by atoms with Crippen LogP contribution in [0.5, 0.6) is 0 Å². The molecule has 1 N–H and O–H groups in total. The highest BCUT2D eigenvalue weighted by Crippen LogP contribution is 2.32. The van der Waals surface area contributed by atoms with E-state index in [1.54, 1.807) is 0 Å². The Morgan fingerprint density at radius 1 is 0.926 bits per heavy atom. The zero-order valence-corrected chi connectivity index (χ0v) is 16.0. The summed E-state index contributed by atoms with van der Waals surface area (Å²) in [6.07, 6.45) is 7.59. The van der Waals surface area contributed by atoms with Gasteiger partial charge in [-0.1, -0.05) is 68.1 Å². The second kappa shape index (κ2) is 9.29. The van der Waals surface area contributed by atoms with Crippen molar-refractivity contribution in [2.45, 2.75) is 32.6 Å². The Labute approximate surface area is 162 Å². The summed E-state index contributed by atoms with van der Waals surface area (Å²) in [7, 11) is 0. The minimum atomic E-state index is 0.241. The molecule has 0 aliphatic heterocycles. The number of benzene rings is 2. The quantitative estimate of drug-likeness (QED) is 0.506. The molecule has 3 aromatic rings. The van der Waals surface area contributed by atoms with Crippen LogP contribution in [0.15, 0.2) is 67.4 Å². The molecule has 0 fully saturated rings. The molecule has 0 unspecified atom stereocenters. The predicted octanol–water partition coefficient (Wildman–Crippen LogP) is 5.94.